The Hall–Kier alpha value is -3.26. The number of aliphatic imine (C=N–C) groups is 1. The van der Waals surface area contributed by atoms with Gasteiger partial charge >= 0.3 is 0 Å². The Morgan fingerprint density at radius 2 is 1.80 bits per heavy atom. The number of piperazine rings is 1. The lowest BCUT2D eigenvalue weighted by atomic mass is 10.1. The number of primary amides is 1. The average Bonchev–Trinajstić information content (AvgIpc) is 2.77. The Bertz CT molecular complexity index is 929. The molecule has 0 unspecified atom stereocenters. The molecule has 1 aromatic heterocycles. The van der Waals surface area contributed by atoms with Crippen LogP contribution >= 0.6 is 0 Å². The SMILES string of the molecule is CN=C(C)/C(=C\N)CN1CCN(c2nccnc2-c2ccc(CC(N)=O)cc2)CC1. The molecule has 1 aliphatic heterocycles. The Labute approximate surface area is 177 Å². The van der Waals surface area contributed by atoms with E-state index in [1.807, 2.05) is 31.2 Å². The third-order valence-corrected chi connectivity index (χ3v) is 5.35. The number of aromatic nitrogens is 2. The first-order valence-electron chi connectivity index (χ1n) is 10.0. The van der Waals surface area contributed by atoms with Crippen LogP contribution in [-0.2, 0) is 11.2 Å². The zero-order chi connectivity index (χ0) is 21.5. The molecular weight excluding hydrogens is 378 g/mol. The number of carbonyl (C=O) groups is 1. The maximum absolute atomic E-state index is 11.1. The van der Waals surface area contributed by atoms with E-state index in [2.05, 4.69) is 24.8 Å². The summed E-state index contributed by atoms with van der Waals surface area (Å²) in [6.45, 7) is 6.29. The van der Waals surface area contributed by atoms with Crippen LogP contribution in [0.15, 0.2) is 53.4 Å². The molecule has 1 fully saturated rings. The van der Waals surface area contributed by atoms with Crippen molar-refractivity contribution >= 4 is 17.4 Å². The van der Waals surface area contributed by atoms with E-state index in [1.165, 1.54) is 0 Å². The quantitative estimate of drug-likeness (QED) is 0.667. The molecule has 1 aromatic carbocycles. The lowest BCUT2D eigenvalue weighted by Crippen LogP contribution is -2.47. The van der Waals surface area contributed by atoms with Gasteiger partial charge in [0.05, 0.1) is 6.42 Å². The maximum atomic E-state index is 11.1. The molecule has 0 bridgehead atoms. The molecule has 1 saturated heterocycles. The average molecular weight is 408 g/mol. The molecule has 0 spiro atoms. The number of benzene rings is 1. The zero-order valence-electron chi connectivity index (χ0n) is 17.6. The minimum atomic E-state index is -0.339. The molecule has 8 nitrogen and oxygen atoms in total. The van der Waals surface area contributed by atoms with E-state index < -0.39 is 0 Å². The number of hydrogen-bond donors (Lipinski definition) is 2. The van der Waals surface area contributed by atoms with Crippen LogP contribution in [0.3, 0.4) is 0 Å². The van der Waals surface area contributed by atoms with Gasteiger partial charge in [-0.05, 0) is 12.5 Å². The summed E-state index contributed by atoms with van der Waals surface area (Å²) in [4.78, 5) is 29.2. The second-order valence-electron chi connectivity index (χ2n) is 7.33. The van der Waals surface area contributed by atoms with Crippen LogP contribution in [0.5, 0.6) is 0 Å². The summed E-state index contributed by atoms with van der Waals surface area (Å²) in [5.41, 5.74) is 15.8. The van der Waals surface area contributed by atoms with Crippen LogP contribution in [0.25, 0.3) is 11.3 Å². The van der Waals surface area contributed by atoms with Crippen molar-refractivity contribution in [1.82, 2.24) is 14.9 Å². The van der Waals surface area contributed by atoms with E-state index in [4.69, 9.17) is 11.5 Å². The van der Waals surface area contributed by atoms with E-state index in [-0.39, 0.29) is 12.3 Å². The smallest absolute Gasteiger partial charge is 0.221 e. The van der Waals surface area contributed by atoms with Crippen molar-refractivity contribution in [2.24, 2.45) is 16.5 Å². The molecule has 0 radical (unpaired) electrons. The molecular formula is C22H29N7O. The van der Waals surface area contributed by atoms with E-state index in [0.29, 0.717) is 0 Å². The van der Waals surface area contributed by atoms with Crippen LogP contribution < -0.4 is 16.4 Å². The highest BCUT2D eigenvalue weighted by molar-refractivity contribution is 5.98. The van der Waals surface area contributed by atoms with Gasteiger partial charge in [0, 0.05) is 75.2 Å². The van der Waals surface area contributed by atoms with Crippen molar-refractivity contribution in [2.45, 2.75) is 13.3 Å². The fourth-order valence-electron chi connectivity index (χ4n) is 3.54. The summed E-state index contributed by atoms with van der Waals surface area (Å²) in [5, 5.41) is 0. The summed E-state index contributed by atoms with van der Waals surface area (Å²) < 4.78 is 0. The second kappa shape index (κ2) is 9.98. The molecule has 3 rings (SSSR count). The summed E-state index contributed by atoms with van der Waals surface area (Å²) in [6, 6.07) is 7.75. The van der Waals surface area contributed by atoms with Gasteiger partial charge in [0.25, 0.3) is 0 Å². The number of nitrogens with zero attached hydrogens (tertiary/aromatic N) is 5. The molecule has 2 heterocycles. The van der Waals surface area contributed by atoms with Gasteiger partial charge in [0.15, 0.2) is 5.82 Å². The molecule has 2 aromatic rings. The first kappa shape index (κ1) is 21.4. The van der Waals surface area contributed by atoms with Gasteiger partial charge in [0.2, 0.25) is 5.91 Å². The number of amides is 1. The summed E-state index contributed by atoms with van der Waals surface area (Å²) in [5.74, 6) is 0.537. The predicted octanol–water partition coefficient (Wildman–Crippen LogP) is 1.23. The van der Waals surface area contributed by atoms with Gasteiger partial charge in [-0.1, -0.05) is 24.3 Å². The first-order chi connectivity index (χ1) is 14.5. The molecule has 1 aliphatic rings. The van der Waals surface area contributed by atoms with Crippen molar-refractivity contribution in [3.8, 4) is 11.3 Å². The molecule has 0 aliphatic carbocycles. The molecule has 30 heavy (non-hydrogen) atoms. The van der Waals surface area contributed by atoms with Crippen molar-refractivity contribution in [3.63, 3.8) is 0 Å². The second-order valence-corrected chi connectivity index (χ2v) is 7.33. The normalized spacial score (nSPS) is 16.0. The van der Waals surface area contributed by atoms with Crippen molar-refractivity contribution in [1.29, 1.82) is 0 Å². The minimum Gasteiger partial charge on any atom is -0.404 e. The Balaban J connectivity index is 1.71. The highest BCUT2D eigenvalue weighted by Crippen LogP contribution is 2.27. The topological polar surface area (TPSA) is 114 Å². The van der Waals surface area contributed by atoms with E-state index in [0.717, 1.165) is 66.6 Å². The lowest BCUT2D eigenvalue weighted by molar-refractivity contribution is -0.117. The van der Waals surface area contributed by atoms with Gasteiger partial charge in [-0.3, -0.25) is 19.7 Å². The molecule has 4 N–H and O–H groups in total. The largest absolute Gasteiger partial charge is 0.404 e. The van der Waals surface area contributed by atoms with Gasteiger partial charge in [0.1, 0.15) is 5.69 Å². The standard InChI is InChI=1S/C22H29N7O/c1-16(25-2)19(14-23)15-28-9-11-29(12-10-28)22-21(26-7-8-27-22)18-5-3-17(4-6-18)13-20(24)30/h3-8,14H,9-13,15,23H2,1-2H3,(H2,24,30)/b19-14-,25-16?. The third kappa shape index (κ3) is 5.21. The lowest BCUT2D eigenvalue weighted by Gasteiger charge is -2.36. The highest BCUT2D eigenvalue weighted by Gasteiger charge is 2.22. The Morgan fingerprint density at radius 1 is 1.13 bits per heavy atom. The van der Waals surface area contributed by atoms with Crippen molar-refractivity contribution < 1.29 is 4.79 Å². The zero-order valence-corrected chi connectivity index (χ0v) is 17.6. The third-order valence-electron chi connectivity index (χ3n) is 5.35. The van der Waals surface area contributed by atoms with Gasteiger partial charge < -0.3 is 16.4 Å². The Kier molecular flexibility index (Phi) is 7.13. The number of rotatable bonds is 7. The van der Waals surface area contributed by atoms with Crippen LogP contribution in [0.1, 0.15) is 12.5 Å². The fourth-order valence-corrected chi connectivity index (χ4v) is 3.54. The fraction of sp³-hybridized carbons (Fsp3) is 0.364. The predicted molar refractivity (Wildman–Crippen MR) is 120 cm³/mol. The number of carbonyl (C=O) groups excluding carboxylic acids is 1. The van der Waals surface area contributed by atoms with Crippen LogP contribution in [-0.4, -0.2) is 66.3 Å². The Morgan fingerprint density at radius 3 is 2.40 bits per heavy atom. The summed E-state index contributed by atoms with van der Waals surface area (Å²) >= 11 is 0. The van der Waals surface area contributed by atoms with Crippen molar-refractivity contribution in [2.75, 3.05) is 44.7 Å². The summed E-state index contributed by atoms with van der Waals surface area (Å²) in [7, 11) is 1.78. The van der Waals surface area contributed by atoms with Crippen LogP contribution in [0.4, 0.5) is 5.82 Å². The number of nitrogens with two attached hydrogens (primary N) is 2. The minimum absolute atomic E-state index is 0.233. The van der Waals surface area contributed by atoms with E-state index in [9.17, 15) is 4.79 Å². The molecule has 158 valence electrons. The maximum Gasteiger partial charge on any atom is 0.221 e. The molecule has 0 atom stereocenters. The van der Waals surface area contributed by atoms with Crippen LogP contribution in [0, 0.1) is 0 Å². The number of hydrogen-bond acceptors (Lipinski definition) is 7. The molecule has 8 heteroatoms. The van der Waals surface area contributed by atoms with Gasteiger partial charge in [-0.2, -0.15) is 0 Å². The summed E-state index contributed by atoms with van der Waals surface area (Å²) in [6.07, 6.45) is 5.31. The molecule has 1 amide bonds. The number of anilines is 1. The molecule has 0 saturated carbocycles. The van der Waals surface area contributed by atoms with E-state index >= 15 is 0 Å². The monoisotopic (exact) mass is 407 g/mol. The highest BCUT2D eigenvalue weighted by atomic mass is 16.1. The van der Waals surface area contributed by atoms with Crippen LogP contribution in [0.2, 0.25) is 0 Å². The van der Waals surface area contributed by atoms with Gasteiger partial charge in [-0.15, -0.1) is 0 Å². The van der Waals surface area contributed by atoms with E-state index in [1.54, 1.807) is 25.6 Å². The van der Waals surface area contributed by atoms with Gasteiger partial charge in [-0.25, -0.2) is 4.98 Å². The first-order valence-corrected chi connectivity index (χ1v) is 10.0. The van der Waals surface area contributed by atoms with Crippen molar-refractivity contribution in [3.05, 3.63) is 54.0 Å².